The number of ether oxygens (including phenoxy) is 1. The van der Waals surface area contributed by atoms with Crippen LogP contribution < -0.4 is 4.74 Å². The number of methoxy groups -OCH3 is 1. The molecule has 0 saturated carbocycles. The fraction of sp³-hybridized carbons (Fsp3) is 0.417. The molecule has 2 aromatic heterocycles. The van der Waals surface area contributed by atoms with E-state index in [0.29, 0.717) is 11.0 Å². The zero-order chi connectivity index (χ0) is 13.2. The molecule has 0 fully saturated rings. The second kappa shape index (κ2) is 5.24. The summed E-state index contributed by atoms with van der Waals surface area (Å²) in [5.74, 6) is 0.570. The number of rotatable bonds is 3. The van der Waals surface area contributed by atoms with E-state index < -0.39 is 0 Å². The van der Waals surface area contributed by atoms with Gasteiger partial charge in [-0.3, -0.25) is 0 Å². The van der Waals surface area contributed by atoms with Gasteiger partial charge in [0, 0.05) is 23.3 Å². The molecule has 18 heavy (non-hydrogen) atoms. The van der Waals surface area contributed by atoms with Gasteiger partial charge in [0.2, 0.25) is 5.88 Å². The molecule has 0 aliphatic rings. The summed E-state index contributed by atoms with van der Waals surface area (Å²) < 4.78 is 6.02. The molecule has 2 aromatic rings. The molecule has 2 heterocycles. The van der Waals surface area contributed by atoms with Crippen LogP contribution in [0, 0.1) is 0 Å². The zero-order valence-electron chi connectivity index (χ0n) is 10.8. The van der Waals surface area contributed by atoms with Crippen LogP contribution in [0.2, 0.25) is 0 Å². The Balaban J connectivity index is 2.16. The van der Waals surface area contributed by atoms with Gasteiger partial charge in [-0.15, -0.1) is 11.3 Å². The lowest BCUT2D eigenvalue weighted by atomic mass is 9.96. The van der Waals surface area contributed by atoms with Crippen LogP contribution in [-0.2, 0) is 5.41 Å². The first-order valence-electron chi connectivity index (χ1n) is 5.50. The first-order chi connectivity index (χ1) is 8.49. The van der Waals surface area contributed by atoms with Gasteiger partial charge in [-0.1, -0.05) is 20.8 Å². The van der Waals surface area contributed by atoms with Crippen LogP contribution in [0.3, 0.4) is 0 Å². The predicted octanol–water partition coefficient (Wildman–Crippen LogP) is 3.39. The van der Waals surface area contributed by atoms with Crippen molar-refractivity contribution in [2.75, 3.05) is 7.11 Å². The Labute approximate surface area is 115 Å². The van der Waals surface area contributed by atoms with Gasteiger partial charge in [-0.25, -0.2) is 9.97 Å². The predicted molar refractivity (Wildman–Crippen MR) is 73.5 cm³/mol. The number of aromatic nitrogens is 3. The lowest BCUT2D eigenvalue weighted by molar-refractivity contribution is 0.392. The average molecular weight is 281 g/mol. The summed E-state index contributed by atoms with van der Waals surface area (Å²) in [6.45, 7) is 6.53. The first-order valence-corrected chi connectivity index (χ1v) is 7.13. The Kier molecular flexibility index (Phi) is 3.87. The molecule has 0 bridgehead atoms. The largest absolute Gasteiger partial charge is 0.481 e. The lowest BCUT2D eigenvalue weighted by Gasteiger charge is -2.14. The summed E-state index contributed by atoms with van der Waals surface area (Å²) in [6.07, 6.45) is 3.61. The van der Waals surface area contributed by atoms with Crippen molar-refractivity contribution >= 4 is 23.1 Å². The van der Waals surface area contributed by atoms with Gasteiger partial charge in [0.1, 0.15) is 0 Å². The van der Waals surface area contributed by atoms with Crippen molar-refractivity contribution in [3.05, 3.63) is 23.3 Å². The molecule has 0 N–H and O–H groups in total. The summed E-state index contributed by atoms with van der Waals surface area (Å²) in [7, 11) is 1.60. The molecule has 0 radical (unpaired) electrons. The third-order valence-corrected chi connectivity index (χ3v) is 4.60. The summed E-state index contributed by atoms with van der Waals surface area (Å²) in [5.41, 5.74) is 0.131. The van der Waals surface area contributed by atoms with Crippen LogP contribution in [0.15, 0.2) is 28.0 Å². The van der Waals surface area contributed by atoms with Crippen LogP contribution in [-0.4, -0.2) is 22.1 Å². The standard InChI is InChI=1S/C12H15N3OS2/c1-12(2,3)8-7-14-11(17-8)18-10-13-6-5-9(15-10)16-4/h5-7H,1-4H3. The van der Waals surface area contributed by atoms with E-state index in [0.717, 1.165) is 4.34 Å². The molecule has 6 heteroatoms. The molecule has 0 atom stereocenters. The number of nitrogens with zero attached hydrogens (tertiary/aromatic N) is 3. The van der Waals surface area contributed by atoms with E-state index in [-0.39, 0.29) is 5.41 Å². The van der Waals surface area contributed by atoms with Crippen molar-refractivity contribution in [2.45, 2.75) is 35.7 Å². The van der Waals surface area contributed by atoms with Crippen molar-refractivity contribution in [2.24, 2.45) is 0 Å². The second-order valence-electron chi connectivity index (χ2n) is 4.72. The van der Waals surface area contributed by atoms with Crippen LogP contribution in [0.5, 0.6) is 5.88 Å². The van der Waals surface area contributed by atoms with Crippen molar-refractivity contribution in [3.8, 4) is 5.88 Å². The highest BCUT2D eigenvalue weighted by atomic mass is 32.2. The van der Waals surface area contributed by atoms with E-state index in [1.54, 1.807) is 30.7 Å². The molecule has 0 saturated heterocycles. The van der Waals surface area contributed by atoms with E-state index >= 15 is 0 Å². The molecule has 0 aromatic carbocycles. The minimum absolute atomic E-state index is 0.131. The molecule has 0 spiro atoms. The molecule has 0 aliphatic heterocycles. The summed E-state index contributed by atoms with van der Waals surface area (Å²) in [5, 5.41) is 0.657. The summed E-state index contributed by atoms with van der Waals surface area (Å²) in [4.78, 5) is 14.1. The summed E-state index contributed by atoms with van der Waals surface area (Å²) >= 11 is 3.14. The van der Waals surface area contributed by atoms with Crippen LogP contribution in [0.1, 0.15) is 25.6 Å². The monoisotopic (exact) mass is 281 g/mol. The van der Waals surface area contributed by atoms with Gasteiger partial charge in [0.15, 0.2) is 9.50 Å². The van der Waals surface area contributed by atoms with Crippen molar-refractivity contribution in [1.82, 2.24) is 15.0 Å². The number of hydrogen-bond donors (Lipinski definition) is 0. The van der Waals surface area contributed by atoms with E-state index in [1.165, 1.54) is 16.6 Å². The topological polar surface area (TPSA) is 47.9 Å². The second-order valence-corrected chi connectivity index (χ2v) is 6.97. The Morgan fingerprint density at radius 1 is 1.28 bits per heavy atom. The van der Waals surface area contributed by atoms with E-state index in [4.69, 9.17) is 4.74 Å². The maximum absolute atomic E-state index is 5.07. The maximum Gasteiger partial charge on any atom is 0.217 e. The van der Waals surface area contributed by atoms with Gasteiger partial charge in [-0.05, 0) is 17.2 Å². The highest BCUT2D eigenvalue weighted by Crippen LogP contribution is 2.34. The van der Waals surface area contributed by atoms with Crippen molar-refractivity contribution < 1.29 is 4.74 Å². The zero-order valence-corrected chi connectivity index (χ0v) is 12.4. The minimum Gasteiger partial charge on any atom is -0.481 e. The fourth-order valence-electron chi connectivity index (χ4n) is 1.22. The molecular formula is C12H15N3OS2. The molecular weight excluding hydrogens is 266 g/mol. The Bertz CT molecular complexity index is 534. The highest BCUT2D eigenvalue weighted by molar-refractivity contribution is 8.00. The van der Waals surface area contributed by atoms with Gasteiger partial charge >= 0.3 is 0 Å². The smallest absolute Gasteiger partial charge is 0.217 e. The molecule has 4 nitrogen and oxygen atoms in total. The van der Waals surface area contributed by atoms with Crippen molar-refractivity contribution in [1.29, 1.82) is 0 Å². The fourth-order valence-corrected chi connectivity index (χ4v) is 3.09. The quantitative estimate of drug-likeness (QED) is 0.807. The van der Waals surface area contributed by atoms with Gasteiger partial charge in [0.25, 0.3) is 0 Å². The number of hydrogen-bond acceptors (Lipinski definition) is 6. The minimum atomic E-state index is 0.131. The van der Waals surface area contributed by atoms with Crippen molar-refractivity contribution in [3.63, 3.8) is 0 Å². The molecule has 0 unspecified atom stereocenters. The van der Waals surface area contributed by atoms with Crippen LogP contribution in [0.25, 0.3) is 0 Å². The maximum atomic E-state index is 5.07. The summed E-state index contributed by atoms with van der Waals surface area (Å²) in [6, 6.07) is 1.73. The Hall–Kier alpha value is -1.14. The third-order valence-electron chi connectivity index (χ3n) is 2.22. The van der Waals surface area contributed by atoms with E-state index in [9.17, 15) is 0 Å². The van der Waals surface area contributed by atoms with Crippen LogP contribution in [0.4, 0.5) is 0 Å². The van der Waals surface area contributed by atoms with Gasteiger partial charge < -0.3 is 4.74 Å². The number of thiazole rings is 1. The molecule has 0 amide bonds. The van der Waals surface area contributed by atoms with Gasteiger partial charge in [0.05, 0.1) is 7.11 Å². The Morgan fingerprint density at radius 2 is 2.06 bits per heavy atom. The highest BCUT2D eigenvalue weighted by Gasteiger charge is 2.17. The normalized spacial score (nSPS) is 11.6. The molecule has 0 aliphatic carbocycles. The lowest BCUT2D eigenvalue weighted by Crippen LogP contribution is -2.07. The van der Waals surface area contributed by atoms with Gasteiger partial charge in [-0.2, -0.15) is 4.98 Å². The molecule has 2 rings (SSSR count). The SMILES string of the molecule is COc1ccnc(Sc2ncc(C(C)(C)C)s2)n1. The molecule has 96 valence electrons. The third kappa shape index (κ3) is 3.20. The first kappa shape index (κ1) is 13.3. The van der Waals surface area contributed by atoms with E-state index in [1.807, 2.05) is 6.20 Å². The average Bonchev–Trinajstić information content (AvgIpc) is 2.77. The Morgan fingerprint density at radius 3 is 2.67 bits per heavy atom. The van der Waals surface area contributed by atoms with E-state index in [2.05, 4.69) is 35.7 Å². The van der Waals surface area contributed by atoms with Crippen LogP contribution >= 0.6 is 23.1 Å².